The molecule has 0 spiro atoms. The molecule has 0 saturated heterocycles. The van der Waals surface area contributed by atoms with Crippen LogP contribution < -0.4 is 5.32 Å². The van der Waals surface area contributed by atoms with Gasteiger partial charge in [0.05, 0.1) is 17.5 Å². The number of rotatable bonds is 5. The number of hydrogen-bond acceptors (Lipinski definition) is 3. The van der Waals surface area contributed by atoms with E-state index >= 15 is 0 Å². The van der Waals surface area contributed by atoms with Crippen molar-refractivity contribution >= 4 is 33.6 Å². The lowest BCUT2D eigenvalue weighted by atomic mass is 10.2. The molecule has 20 heavy (non-hydrogen) atoms. The molecular weight excluding hydrogens is 336 g/mol. The van der Waals surface area contributed by atoms with Gasteiger partial charge in [0.15, 0.2) is 0 Å². The lowest BCUT2D eigenvalue weighted by Crippen LogP contribution is -2.28. The summed E-state index contributed by atoms with van der Waals surface area (Å²) in [4.78, 5) is 17.2. The number of carbonyl (C=O) groups is 1. The van der Waals surface area contributed by atoms with E-state index in [1.54, 1.807) is 6.20 Å². The summed E-state index contributed by atoms with van der Waals surface area (Å²) in [5.74, 6) is 0.412. The minimum Gasteiger partial charge on any atom is -0.347 e. The fourth-order valence-corrected chi connectivity index (χ4v) is 2.64. The first-order chi connectivity index (χ1) is 9.65. The van der Waals surface area contributed by atoms with Gasteiger partial charge in [-0.15, -0.1) is 11.8 Å². The minimum absolute atomic E-state index is 0.0103. The van der Waals surface area contributed by atoms with Gasteiger partial charge in [-0.2, -0.15) is 0 Å². The number of halogens is 1. The molecule has 2 rings (SSSR count). The number of thioether (sulfide) groups is 1. The van der Waals surface area contributed by atoms with Gasteiger partial charge < -0.3 is 5.32 Å². The number of pyridine rings is 1. The summed E-state index contributed by atoms with van der Waals surface area (Å²) < 4.78 is 1.04. The number of amides is 1. The van der Waals surface area contributed by atoms with Crippen LogP contribution in [0.25, 0.3) is 0 Å². The van der Waals surface area contributed by atoms with Crippen LogP contribution in [0, 0.1) is 0 Å². The number of carbonyl (C=O) groups excluding carboxylic acids is 1. The van der Waals surface area contributed by atoms with Crippen LogP contribution in [0.5, 0.6) is 0 Å². The van der Waals surface area contributed by atoms with Gasteiger partial charge in [-0.05, 0) is 43.3 Å². The molecule has 2 aromatic rings. The third-order valence-corrected chi connectivity index (χ3v) is 4.23. The molecular formula is C15H15BrN2OS. The van der Waals surface area contributed by atoms with Crippen LogP contribution in [-0.2, 0) is 4.79 Å². The Morgan fingerprint density at radius 2 is 2.05 bits per heavy atom. The Labute approximate surface area is 131 Å². The monoisotopic (exact) mass is 350 g/mol. The zero-order chi connectivity index (χ0) is 14.4. The number of nitrogens with one attached hydrogen (secondary N) is 1. The molecule has 1 atom stereocenters. The topological polar surface area (TPSA) is 42.0 Å². The highest BCUT2D eigenvalue weighted by molar-refractivity contribution is 9.10. The Bertz CT molecular complexity index is 560. The first kappa shape index (κ1) is 15.1. The van der Waals surface area contributed by atoms with Crippen molar-refractivity contribution < 1.29 is 4.79 Å². The highest BCUT2D eigenvalue weighted by Gasteiger charge is 2.10. The summed E-state index contributed by atoms with van der Waals surface area (Å²) in [6, 6.07) is 13.5. The van der Waals surface area contributed by atoms with Crippen molar-refractivity contribution in [3.8, 4) is 0 Å². The van der Waals surface area contributed by atoms with Crippen molar-refractivity contribution in [2.24, 2.45) is 0 Å². The fourth-order valence-electron chi connectivity index (χ4n) is 1.67. The Hall–Kier alpha value is -1.33. The number of benzene rings is 1. The number of hydrogen-bond donors (Lipinski definition) is 1. The SMILES string of the molecule is C[C@H](NC(=O)CSc1ccc(Br)cc1)c1ccccn1. The molecule has 0 aliphatic carbocycles. The molecule has 1 heterocycles. The Morgan fingerprint density at radius 1 is 1.30 bits per heavy atom. The van der Waals surface area contributed by atoms with Crippen LogP contribution in [0.4, 0.5) is 0 Å². The molecule has 1 N–H and O–H groups in total. The molecule has 0 saturated carbocycles. The lowest BCUT2D eigenvalue weighted by Gasteiger charge is -2.13. The van der Waals surface area contributed by atoms with Gasteiger partial charge in [-0.25, -0.2) is 0 Å². The second kappa shape index (κ2) is 7.45. The Morgan fingerprint density at radius 3 is 2.70 bits per heavy atom. The van der Waals surface area contributed by atoms with Gasteiger partial charge >= 0.3 is 0 Å². The number of nitrogens with zero attached hydrogens (tertiary/aromatic N) is 1. The van der Waals surface area contributed by atoms with Crippen molar-refractivity contribution in [3.05, 3.63) is 58.8 Å². The van der Waals surface area contributed by atoms with Crippen LogP contribution in [0.15, 0.2) is 58.0 Å². The smallest absolute Gasteiger partial charge is 0.230 e. The van der Waals surface area contributed by atoms with Crippen molar-refractivity contribution in [1.82, 2.24) is 10.3 Å². The van der Waals surface area contributed by atoms with Gasteiger partial charge in [0.1, 0.15) is 0 Å². The normalized spacial score (nSPS) is 11.9. The van der Waals surface area contributed by atoms with Gasteiger partial charge in [-0.3, -0.25) is 9.78 Å². The van der Waals surface area contributed by atoms with E-state index in [9.17, 15) is 4.79 Å². The lowest BCUT2D eigenvalue weighted by molar-refractivity contribution is -0.119. The van der Waals surface area contributed by atoms with Gasteiger partial charge in [0, 0.05) is 15.6 Å². The zero-order valence-electron chi connectivity index (χ0n) is 11.0. The molecule has 0 aliphatic rings. The maximum atomic E-state index is 11.9. The summed E-state index contributed by atoms with van der Waals surface area (Å²) in [6.07, 6.45) is 1.73. The second-order valence-corrected chi connectivity index (χ2v) is 6.25. The van der Waals surface area contributed by atoms with Crippen molar-refractivity contribution in [2.45, 2.75) is 17.9 Å². The van der Waals surface area contributed by atoms with E-state index in [-0.39, 0.29) is 11.9 Å². The maximum absolute atomic E-state index is 11.9. The van der Waals surface area contributed by atoms with Crippen LogP contribution in [0.3, 0.4) is 0 Å². The standard InChI is InChI=1S/C15H15BrN2OS/c1-11(14-4-2-3-9-17-14)18-15(19)10-20-13-7-5-12(16)6-8-13/h2-9,11H,10H2,1H3,(H,18,19)/t11-/m0/s1. The highest BCUT2D eigenvalue weighted by atomic mass is 79.9. The molecule has 3 nitrogen and oxygen atoms in total. The summed E-state index contributed by atoms with van der Waals surface area (Å²) >= 11 is 4.91. The molecule has 0 fully saturated rings. The van der Waals surface area contributed by atoms with Crippen LogP contribution in [0.2, 0.25) is 0 Å². The molecule has 0 aliphatic heterocycles. The van der Waals surface area contributed by atoms with E-state index in [0.29, 0.717) is 5.75 Å². The highest BCUT2D eigenvalue weighted by Crippen LogP contribution is 2.20. The second-order valence-electron chi connectivity index (χ2n) is 4.29. The van der Waals surface area contributed by atoms with E-state index in [1.807, 2.05) is 49.4 Å². The summed E-state index contributed by atoms with van der Waals surface area (Å²) in [5, 5.41) is 2.95. The van der Waals surface area contributed by atoms with Crippen molar-refractivity contribution in [1.29, 1.82) is 0 Å². The predicted octanol–water partition coefficient (Wildman–Crippen LogP) is 3.81. The Balaban J connectivity index is 1.82. The molecule has 104 valence electrons. The Kier molecular flexibility index (Phi) is 5.61. The van der Waals surface area contributed by atoms with E-state index in [1.165, 1.54) is 11.8 Å². The maximum Gasteiger partial charge on any atom is 0.230 e. The van der Waals surface area contributed by atoms with E-state index in [2.05, 4.69) is 26.2 Å². The average Bonchev–Trinajstić information content (AvgIpc) is 2.47. The largest absolute Gasteiger partial charge is 0.347 e. The van der Waals surface area contributed by atoms with Gasteiger partial charge in [0.2, 0.25) is 5.91 Å². The van der Waals surface area contributed by atoms with Crippen LogP contribution in [0.1, 0.15) is 18.7 Å². The van der Waals surface area contributed by atoms with E-state index in [4.69, 9.17) is 0 Å². The van der Waals surface area contributed by atoms with E-state index in [0.717, 1.165) is 15.1 Å². The first-order valence-corrected chi connectivity index (χ1v) is 8.01. The molecule has 1 aromatic carbocycles. The predicted molar refractivity (Wildman–Crippen MR) is 85.7 cm³/mol. The third-order valence-electron chi connectivity index (χ3n) is 2.69. The van der Waals surface area contributed by atoms with E-state index < -0.39 is 0 Å². The quantitative estimate of drug-likeness (QED) is 0.833. The molecule has 1 aromatic heterocycles. The van der Waals surface area contributed by atoms with Crippen molar-refractivity contribution in [3.63, 3.8) is 0 Å². The molecule has 0 radical (unpaired) electrons. The zero-order valence-corrected chi connectivity index (χ0v) is 13.4. The van der Waals surface area contributed by atoms with Crippen LogP contribution in [-0.4, -0.2) is 16.6 Å². The van der Waals surface area contributed by atoms with Crippen LogP contribution >= 0.6 is 27.7 Å². The minimum atomic E-state index is -0.0748. The average molecular weight is 351 g/mol. The van der Waals surface area contributed by atoms with Crippen molar-refractivity contribution in [2.75, 3.05) is 5.75 Å². The summed E-state index contributed by atoms with van der Waals surface area (Å²) in [6.45, 7) is 1.94. The molecule has 0 bridgehead atoms. The van der Waals surface area contributed by atoms with Gasteiger partial charge in [-0.1, -0.05) is 22.0 Å². The molecule has 1 amide bonds. The summed E-state index contributed by atoms with van der Waals surface area (Å²) in [7, 11) is 0. The first-order valence-electron chi connectivity index (χ1n) is 6.24. The summed E-state index contributed by atoms with van der Waals surface area (Å²) in [5.41, 5.74) is 0.870. The molecule has 5 heteroatoms. The number of aromatic nitrogens is 1. The third kappa shape index (κ3) is 4.65. The fraction of sp³-hybridized carbons (Fsp3) is 0.200. The molecule has 0 unspecified atom stereocenters. The van der Waals surface area contributed by atoms with Gasteiger partial charge in [0.25, 0.3) is 0 Å².